The molecule has 0 aliphatic rings. The van der Waals surface area contributed by atoms with Gasteiger partial charge in [0.05, 0.1) is 10.0 Å². The van der Waals surface area contributed by atoms with E-state index in [1.165, 1.54) is 0 Å². The third-order valence-electron chi connectivity index (χ3n) is 1.77. The molecule has 0 saturated carbocycles. The first-order chi connectivity index (χ1) is 7.15. The van der Waals surface area contributed by atoms with Crippen molar-refractivity contribution in [1.82, 2.24) is 5.32 Å². The molecule has 0 atom stereocenters. The Kier molecular flexibility index (Phi) is 4.95. The van der Waals surface area contributed by atoms with Crippen LogP contribution in [0.3, 0.4) is 0 Å². The Labute approximate surface area is 99.8 Å². The van der Waals surface area contributed by atoms with Gasteiger partial charge in [-0.1, -0.05) is 35.8 Å². The van der Waals surface area contributed by atoms with Crippen LogP contribution in [0, 0.1) is 0 Å². The summed E-state index contributed by atoms with van der Waals surface area (Å²) >= 11 is 11.9. The summed E-state index contributed by atoms with van der Waals surface area (Å²) in [7, 11) is 1.85. The monoisotopic (exact) mass is 245 g/mol. The maximum absolute atomic E-state index is 5.94. The van der Waals surface area contributed by atoms with Crippen LogP contribution < -0.4 is 10.1 Å². The molecule has 0 aliphatic heterocycles. The van der Waals surface area contributed by atoms with Crippen LogP contribution in [0.5, 0.6) is 5.75 Å². The molecule has 15 heavy (non-hydrogen) atoms. The number of hydrogen-bond donors (Lipinski definition) is 1. The molecule has 0 bridgehead atoms. The Morgan fingerprint density at radius 1 is 1.40 bits per heavy atom. The summed E-state index contributed by atoms with van der Waals surface area (Å²) in [6, 6.07) is 5.26. The standard InChI is InChI=1S/C11H13Cl2NO/c1-8(6-14-2)7-15-11-9(12)4-3-5-10(11)13/h3-5,14H,1,6-7H2,2H3. The van der Waals surface area contributed by atoms with Gasteiger partial charge < -0.3 is 10.1 Å². The number of hydrogen-bond acceptors (Lipinski definition) is 2. The first kappa shape index (κ1) is 12.4. The molecule has 0 aliphatic carbocycles. The van der Waals surface area contributed by atoms with Crippen molar-refractivity contribution in [2.24, 2.45) is 0 Å². The van der Waals surface area contributed by atoms with E-state index in [4.69, 9.17) is 27.9 Å². The smallest absolute Gasteiger partial charge is 0.156 e. The topological polar surface area (TPSA) is 21.3 Å². The summed E-state index contributed by atoms with van der Waals surface area (Å²) in [5, 5.41) is 4.01. The molecule has 0 amide bonds. The van der Waals surface area contributed by atoms with E-state index in [2.05, 4.69) is 11.9 Å². The summed E-state index contributed by atoms with van der Waals surface area (Å²) in [4.78, 5) is 0. The number of rotatable bonds is 5. The molecule has 1 N–H and O–H groups in total. The number of halogens is 2. The lowest BCUT2D eigenvalue weighted by Crippen LogP contribution is -2.14. The second kappa shape index (κ2) is 6.01. The van der Waals surface area contributed by atoms with Crippen molar-refractivity contribution >= 4 is 23.2 Å². The van der Waals surface area contributed by atoms with Crippen LogP contribution in [0.2, 0.25) is 10.0 Å². The molecule has 2 nitrogen and oxygen atoms in total. The van der Waals surface area contributed by atoms with Gasteiger partial charge in [0.25, 0.3) is 0 Å². The van der Waals surface area contributed by atoms with Crippen LogP contribution >= 0.6 is 23.2 Å². The van der Waals surface area contributed by atoms with Gasteiger partial charge in [0.2, 0.25) is 0 Å². The maximum atomic E-state index is 5.94. The number of likely N-dealkylation sites (N-methyl/N-ethyl adjacent to an activating group) is 1. The highest BCUT2D eigenvalue weighted by atomic mass is 35.5. The minimum atomic E-state index is 0.407. The van der Waals surface area contributed by atoms with Crippen LogP contribution in [-0.4, -0.2) is 20.2 Å². The van der Waals surface area contributed by atoms with Crippen molar-refractivity contribution in [2.45, 2.75) is 0 Å². The molecule has 4 heteroatoms. The fourth-order valence-corrected chi connectivity index (χ4v) is 1.60. The van der Waals surface area contributed by atoms with E-state index in [0.717, 1.165) is 5.57 Å². The quantitative estimate of drug-likeness (QED) is 0.806. The fourth-order valence-electron chi connectivity index (χ4n) is 1.10. The average Bonchev–Trinajstić information content (AvgIpc) is 2.17. The van der Waals surface area contributed by atoms with E-state index in [1.54, 1.807) is 18.2 Å². The van der Waals surface area contributed by atoms with Crippen molar-refractivity contribution in [3.05, 3.63) is 40.4 Å². The summed E-state index contributed by atoms with van der Waals surface area (Å²) in [5.41, 5.74) is 0.938. The Morgan fingerprint density at radius 2 is 2.00 bits per heavy atom. The van der Waals surface area contributed by atoms with Crippen LogP contribution in [-0.2, 0) is 0 Å². The molecule has 0 fully saturated rings. The van der Waals surface area contributed by atoms with Crippen LogP contribution in [0.25, 0.3) is 0 Å². The highest BCUT2D eigenvalue weighted by Gasteiger charge is 2.06. The zero-order chi connectivity index (χ0) is 11.3. The van der Waals surface area contributed by atoms with E-state index in [-0.39, 0.29) is 0 Å². The molecule has 0 saturated heterocycles. The Bertz CT molecular complexity index is 332. The maximum Gasteiger partial charge on any atom is 0.156 e. The number of nitrogens with one attached hydrogen (secondary N) is 1. The van der Waals surface area contributed by atoms with Crippen molar-refractivity contribution in [3.63, 3.8) is 0 Å². The number of ether oxygens (including phenoxy) is 1. The van der Waals surface area contributed by atoms with Crippen molar-refractivity contribution in [1.29, 1.82) is 0 Å². The summed E-state index contributed by atoms with van der Waals surface area (Å²) in [5.74, 6) is 0.512. The third kappa shape index (κ3) is 3.74. The van der Waals surface area contributed by atoms with Gasteiger partial charge in [-0.05, 0) is 24.8 Å². The van der Waals surface area contributed by atoms with Gasteiger partial charge in [0.15, 0.2) is 5.75 Å². The first-order valence-electron chi connectivity index (χ1n) is 4.53. The Hall–Kier alpha value is -0.700. The molecule has 0 radical (unpaired) electrons. The lowest BCUT2D eigenvalue weighted by Gasteiger charge is -2.10. The Balaban J connectivity index is 2.61. The molecule has 0 heterocycles. The fraction of sp³-hybridized carbons (Fsp3) is 0.273. The number of benzene rings is 1. The third-order valence-corrected chi connectivity index (χ3v) is 2.36. The molecule has 82 valence electrons. The van der Waals surface area contributed by atoms with E-state index in [1.807, 2.05) is 7.05 Å². The van der Waals surface area contributed by atoms with Gasteiger partial charge in [-0.3, -0.25) is 0 Å². The van der Waals surface area contributed by atoms with Gasteiger partial charge in [0, 0.05) is 6.54 Å². The zero-order valence-corrected chi connectivity index (χ0v) is 10.0. The largest absolute Gasteiger partial charge is 0.486 e. The van der Waals surface area contributed by atoms with E-state index >= 15 is 0 Å². The summed E-state index contributed by atoms with van der Waals surface area (Å²) in [6.45, 7) is 4.96. The molecule has 0 aromatic heterocycles. The van der Waals surface area contributed by atoms with Gasteiger partial charge >= 0.3 is 0 Å². The van der Waals surface area contributed by atoms with Crippen LogP contribution in [0.4, 0.5) is 0 Å². The van der Waals surface area contributed by atoms with Gasteiger partial charge in [-0.25, -0.2) is 0 Å². The van der Waals surface area contributed by atoms with E-state index < -0.39 is 0 Å². The van der Waals surface area contributed by atoms with Crippen molar-refractivity contribution < 1.29 is 4.74 Å². The lowest BCUT2D eigenvalue weighted by atomic mass is 10.3. The zero-order valence-electron chi connectivity index (χ0n) is 8.52. The van der Waals surface area contributed by atoms with Crippen molar-refractivity contribution in [3.8, 4) is 5.75 Å². The predicted octanol–water partition coefficient (Wildman–Crippen LogP) is 3.15. The molecular formula is C11H13Cl2NO. The normalized spacial score (nSPS) is 10.1. The van der Waals surface area contributed by atoms with E-state index in [9.17, 15) is 0 Å². The second-order valence-corrected chi connectivity index (χ2v) is 3.93. The molecule has 1 rings (SSSR count). The van der Waals surface area contributed by atoms with Crippen LogP contribution in [0.15, 0.2) is 30.4 Å². The summed E-state index contributed by atoms with van der Waals surface area (Å²) < 4.78 is 5.48. The SMILES string of the molecule is C=C(CNC)COc1c(Cl)cccc1Cl. The van der Waals surface area contributed by atoms with Gasteiger partial charge in [-0.15, -0.1) is 0 Å². The highest BCUT2D eigenvalue weighted by molar-refractivity contribution is 6.37. The molecule has 1 aromatic carbocycles. The van der Waals surface area contributed by atoms with Crippen LogP contribution in [0.1, 0.15) is 0 Å². The Morgan fingerprint density at radius 3 is 2.53 bits per heavy atom. The van der Waals surface area contributed by atoms with Gasteiger partial charge in [0.1, 0.15) is 6.61 Å². The minimum Gasteiger partial charge on any atom is -0.486 e. The summed E-state index contributed by atoms with van der Waals surface area (Å²) in [6.07, 6.45) is 0. The highest BCUT2D eigenvalue weighted by Crippen LogP contribution is 2.32. The number of para-hydroxylation sites is 1. The molecule has 0 unspecified atom stereocenters. The van der Waals surface area contributed by atoms with E-state index in [0.29, 0.717) is 28.9 Å². The van der Waals surface area contributed by atoms with Crippen molar-refractivity contribution in [2.75, 3.05) is 20.2 Å². The molecule has 1 aromatic rings. The molecular weight excluding hydrogens is 233 g/mol. The van der Waals surface area contributed by atoms with Gasteiger partial charge in [-0.2, -0.15) is 0 Å². The average molecular weight is 246 g/mol. The predicted molar refractivity (Wildman–Crippen MR) is 65.0 cm³/mol. The minimum absolute atomic E-state index is 0.407. The molecule has 0 spiro atoms. The lowest BCUT2D eigenvalue weighted by molar-refractivity contribution is 0.349. The first-order valence-corrected chi connectivity index (χ1v) is 5.28. The second-order valence-electron chi connectivity index (χ2n) is 3.12.